The number of ether oxygens (including phenoxy) is 2. The summed E-state index contributed by atoms with van der Waals surface area (Å²) in [5.41, 5.74) is -2.06. The molecule has 1 amide bonds. The third-order valence-corrected chi connectivity index (χ3v) is 14.5. The van der Waals surface area contributed by atoms with E-state index < -0.39 is 51.7 Å². The van der Waals surface area contributed by atoms with Crippen LogP contribution in [0.25, 0.3) is 0 Å². The van der Waals surface area contributed by atoms with Gasteiger partial charge in [-0.1, -0.05) is 33.3 Å². The first kappa shape index (κ1) is 34.5. The van der Waals surface area contributed by atoms with Crippen LogP contribution in [-0.2, 0) is 30.5 Å². The van der Waals surface area contributed by atoms with Crippen LogP contribution < -0.4 is 11.1 Å². The monoisotopic (exact) mass is 669 g/mol. The van der Waals surface area contributed by atoms with E-state index in [1.807, 2.05) is 19.9 Å². The normalized spacial score (nSPS) is 43.4. The molecule has 4 fully saturated rings. The number of carboxylic acids is 1. The van der Waals surface area contributed by atoms with Crippen molar-refractivity contribution in [3.8, 4) is 0 Å². The number of carbonyl (C=O) groups excluding carboxylic acids is 3. The van der Waals surface area contributed by atoms with Crippen LogP contribution in [-0.4, -0.2) is 40.6 Å². The molecule has 0 bridgehead atoms. The Morgan fingerprint density at radius 1 is 0.958 bits per heavy atom. The highest BCUT2D eigenvalue weighted by Crippen LogP contribution is 2.74. The van der Waals surface area contributed by atoms with E-state index in [4.69, 9.17) is 18.3 Å². The van der Waals surface area contributed by atoms with Crippen molar-refractivity contribution in [2.24, 2.45) is 44.8 Å². The van der Waals surface area contributed by atoms with Gasteiger partial charge in [0.25, 0.3) is 0 Å². The highest BCUT2D eigenvalue weighted by Gasteiger charge is 2.71. The van der Waals surface area contributed by atoms with E-state index in [0.29, 0.717) is 32.1 Å². The van der Waals surface area contributed by atoms with Gasteiger partial charge >= 0.3 is 23.9 Å². The van der Waals surface area contributed by atoms with Crippen molar-refractivity contribution >= 4 is 23.8 Å². The number of fused-ring (bicyclic) bond motifs is 7. The molecule has 0 aromatic carbocycles. The van der Waals surface area contributed by atoms with Gasteiger partial charge < -0.3 is 28.7 Å². The molecule has 1 aromatic heterocycles. The summed E-state index contributed by atoms with van der Waals surface area (Å²) in [5, 5.41) is 13.3. The average molecular weight is 670 g/mol. The molecule has 0 spiro atoms. The van der Waals surface area contributed by atoms with E-state index in [0.717, 1.165) is 31.3 Å². The third-order valence-electron chi connectivity index (χ3n) is 14.5. The summed E-state index contributed by atoms with van der Waals surface area (Å²) >= 11 is 0. The van der Waals surface area contributed by atoms with Crippen molar-refractivity contribution in [2.45, 2.75) is 131 Å². The number of alkyl carbamates (subject to hydrolysis) is 1. The van der Waals surface area contributed by atoms with Crippen molar-refractivity contribution < 1.29 is 42.6 Å². The van der Waals surface area contributed by atoms with Crippen LogP contribution in [0.5, 0.6) is 0 Å². The number of ketones is 1. The van der Waals surface area contributed by atoms with Gasteiger partial charge in [-0.2, -0.15) is 0 Å². The summed E-state index contributed by atoms with van der Waals surface area (Å²) in [4.78, 5) is 64.3. The van der Waals surface area contributed by atoms with E-state index in [1.54, 1.807) is 6.92 Å². The van der Waals surface area contributed by atoms with Gasteiger partial charge in [0.1, 0.15) is 6.10 Å². The molecule has 0 unspecified atom stereocenters. The van der Waals surface area contributed by atoms with E-state index >= 15 is 0 Å². The van der Waals surface area contributed by atoms with Crippen LogP contribution >= 0.6 is 0 Å². The number of amides is 1. The topological polar surface area (TPSA) is 162 Å². The van der Waals surface area contributed by atoms with Crippen LogP contribution in [0.1, 0.15) is 118 Å². The SMILES string of the molecule is CC(=O)O[C@H]1CC[C@@]2(C)[C@@H](CC[C@]3(C)[C@@H]2C(=O)C=C2[C@@H]4C[C@@](C)(C(=O)O)CC[C@]4(C)CC[C@]23C)[C@]1(C)NC(=O)OCc1oc(=O)oc1C. The van der Waals surface area contributed by atoms with Gasteiger partial charge in [0.15, 0.2) is 23.9 Å². The van der Waals surface area contributed by atoms with Gasteiger partial charge in [-0.05, 0) is 118 Å². The number of aryl methyl sites for hydroxylation is 1. The molecule has 0 saturated heterocycles. The second kappa shape index (κ2) is 11.1. The molecule has 10 atom stereocenters. The van der Waals surface area contributed by atoms with Gasteiger partial charge in [-0.25, -0.2) is 9.59 Å². The van der Waals surface area contributed by atoms with Crippen LogP contribution in [0, 0.1) is 51.8 Å². The van der Waals surface area contributed by atoms with Gasteiger partial charge in [-0.15, -0.1) is 0 Å². The van der Waals surface area contributed by atoms with Crippen LogP contribution in [0.15, 0.2) is 25.3 Å². The fourth-order valence-corrected chi connectivity index (χ4v) is 11.5. The molecule has 0 radical (unpaired) electrons. The minimum atomic E-state index is -1.06. The average Bonchev–Trinajstić information content (AvgIpc) is 3.31. The predicted octanol–water partition coefficient (Wildman–Crippen LogP) is 6.50. The molecule has 48 heavy (non-hydrogen) atoms. The van der Waals surface area contributed by atoms with Crippen molar-refractivity contribution in [3.05, 3.63) is 33.8 Å². The maximum Gasteiger partial charge on any atom is 0.519 e. The second-order valence-corrected chi connectivity index (χ2v) is 17.1. The molecule has 1 aromatic rings. The number of rotatable bonds is 5. The van der Waals surface area contributed by atoms with Crippen molar-refractivity contribution in [1.82, 2.24) is 5.32 Å². The zero-order valence-electron chi connectivity index (χ0n) is 29.6. The number of hydrogen-bond acceptors (Lipinski definition) is 9. The molecule has 1 heterocycles. The highest BCUT2D eigenvalue weighted by molar-refractivity contribution is 5.95. The lowest BCUT2D eigenvalue weighted by atomic mass is 9.34. The van der Waals surface area contributed by atoms with Gasteiger partial charge in [0.05, 0.1) is 11.0 Å². The molecule has 4 saturated carbocycles. The summed E-state index contributed by atoms with van der Waals surface area (Å²) in [6.45, 7) is 15.3. The summed E-state index contributed by atoms with van der Waals surface area (Å²) in [6, 6.07) is 0. The number of carboxylic acid groups (broad SMARTS) is 1. The fraction of sp³-hybridized carbons (Fsp3) is 0.757. The van der Waals surface area contributed by atoms with Crippen LogP contribution in [0.2, 0.25) is 0 Å². The Hall–Kier alpha value is -3.37. The molecule has 6 rings (SSSR count). The number of esters is 1. The fourth-order valence-electron chi connectivity index (χ4n) is 11.5. The Morgan fingerprint density at radius 3 is 2.27 bits per heavy atom. The van der Waals surface area contributed by atoms with Gasteiger partial charge in [0, 0.05) is 12.8 Å². The molecule has 5 aliphatic rings. The molecule has 11 nitrogen and oxygen atoms in total. The highest BCUT2D eigenvalue weighted by atomic mass is 16.6. The lowest BCUT2D eigenvalue weighted by Gasteiger charge is -2.70. The zero-order chi connectivity index (χ0) is 35.2. The number of allylic oxidation sites excluding steroid dienone is 2. The van der Waals surface area contributed by atoms with E-state index in [1.165, 1.54) is 6.92 Å². The van der Waals surface area contributed by atoms with E-state index in [9.17, 15) is 29.1 Å². The van der Waals surface area contributed by atoms with Crippen molar-refractivity contribution in [1.29, 1.82) is 0 Å². The van der Waals surface area contributed by atoms with Crippen LogP contribution in [0.4, 0.5) is 4.79 Å². The molecule has 2 N–H and O–H groups in total. The quantitative estimate of drug-likeness (QED) is 0.331. The number of carbonyl (C=O) groups is 4. The molecule has 5 aliphatic carbocycles. The Morgan fingerprint density at radius 2 is 1.65 bits per heavy atom. The van der Waals surface area contributed by atoms with E-state index in [-0.39, 0.29) is 52.5 Å². The van der Waals surface area contributed by atoms with Crippen molar-refractivity contribution in [3.63, 3.8) is 0 Å². The number of hydrogen-bond donors (Lipinski definition) is 2. The van der Waals surface area contributed by atoms with Crippen molar-refractivity contribution in [2.75, 3.05) is 0 Å². The first-order valence-electron chi connectivity index (χ1n) is 17.4. The Balaban J connectivity index is 1.35. The van der Waals surface area contributed by atoms with Gasteiger partial charge in [-0.3, -0.25) is 14.4 Å². The molecular formula is C37H51NO10. The smallest absolute Gasteiger partial charge is 0.481 e. The Kier molecular flexibility index (Phi) is 7.95. The first-order valence-corrected chi connectivity index (χ1v) is 17.4. The van der Waals surface area contributed by atoms with E-state index in [2.05, 4.69) is 33.0 Å². The summed E-state index contributed by atoms with van der Waals surface area (Å²) < 4.78 is 21.2. The minimum Gasteiger partial charge on any atom is -0.481 e. The predicted molar refractivity (Wildman–Crippen MR) is 173 cm³/mol. The maximum absolute atomic E-state index is 14.7. The zero-order valence-corrected chi connectivity index (χ0v) is 29.6. The molecular weight excluding hydrogens is 618 g/mol. The summed E-state index contributed by atoms with van der Waals surface area (Å²) in [5.74, 6) is -2.28. The Bertz CT molecular complexity index is 1640. The lowest BCUT2D eigenvalue weighted by molar-refractivity contribution is -0.200. The Labute approximate surface area is 281 Å². The molecule has 264 valence electrons. The second-order valence-electron chi connectivity index (χ2n) is 17.1. The largest absolute Gasteiger partial charge is 0.519 e. The first-order chi connectivity index (χ1) is 22.2. The lowest BCUT2D eigenvalue weighted by Crippen LogP contribution is -2.72. The number of aliphatic carboxylic acids is 1. The number of nitrogens with one attached hydrogen (secondary N) is 1. The summed E-state index contributed by atoms with van der Waals surface area (Å²) in [7, 11) is 0. The minimum absolute atomic E-state index is 0.0167. The molecule has 11 heteroatoms. The third kappa shape index (κ3) is 4.91. The maximum atomic E-state index is 14.7. The summed E-state index contributed by atoms with van der Waals surface area (Å²) in [6.07, 6.45) is 6.87. The van der Waals surface area contributed by atoms with Crippen LogP contribution in [0.3, 0.4) is 0 Å². The standard InChI is InChI=1S/C37H51NO10/c1-20-25(48-31(44)46-20)19-45-30(43)38-37(8)26-9-12-36(7)28(34(26,5)11-10-27(37)47-21(2)39)24(40)17-22-23-18-33(4,29(41)42)14-13-32(23,3)15-16-35(22,36)6/h17,23,26-28H,9-16,18-19H2,1-8H3,(H,38,43)(H,41,42)/t23-,26+,27-,28+,32+,33-,34-,35+,36+,37-/m0/s1. The van der Waals surface area contributed by atoms with Gasteiger partial charge in [0.2, 0.25) is 0 Å². The molecule has 0 aliphatic heterocycles.